The molecule has 0 fully saturated rings. The maximum Gasteiger partial charge on any atom is 0.256 e. The lowest BCUT2D eigenvalue weighted by molar-refractivity contribution is -0.120. The first-order valence-corrected chi connectivity index (χ1v) is 12.7. The largest absolute Gasteiger partial charge is 0.373 e. The highest BCUT2D eigenvalue weighted by molar-refractivity contribution is 7.90. The number of amides is 1. The minimum Gasteiger partial charge on any atom is -0.373 e. The third-order valence-corrected chi connectivity index (χ3v) is 6.70. The van der Waals surface area contributed by atoms with Gasteiger partial charge >= 0.3 is 0 Å². The van der Waals surface area contributed by atoms with Gasteiger partial charge in [-0.15, -0.1) is 0 Å². The van der Waals surface area contributed by atoms with Crippen molar-refractivity contribution in [3.05, 3.63) is 89.5 Å². The highest BCUT2D eigenvalue weighted by Crippen LogP contribution is 2.25. The van der Waals surface area contributed by atoms with Crippen LogP contribution < -0.4 is 15.9 Å². The highest BCUT2D eigenvalue weighted by Gasteiger charge is 2.23. The predicted molar refractivity (Wildman–Crippen MR) is 138 cm³/mol. The van der Waals surface area contributed by atoms with Gasteiger partial charge < -0.3 is 11.2 Å². The molecule has 0 bridgehead atoms. The van der Waals surface area contributed by atoms with E-state index < -0.39 is 22.0 Å². The van der Waals surface area contributed by atoms with Crippen LogP contribution in [0.5, 0.6) is 0 Å². The number of nitrogens with zero attached hydrogens (tertiary/aromatic N) is 2. The second-order valence-corrected chi connectivity index (χ2v) is 9.79. The second-order valence-electron chi connectivity index (χ2n) is 7.94. The van der Waals surface area contributed by atoms with Crippen LogP contribution in [0.3, 0.4) is 0 Å². The molecule has 0 aromatic heterocycles. The number of hydrazone groups is 1. The van der Waals surface area contributed by atoms with E-state index in [1.807, 2.05) is 54.6 Å². The van der Waals surface area contributed by atoms with E-state index in [0.717, 1.165) is 22.3 Å². The lowest BCUT2D eigenvalue weighted by atomic mass is 10.00. The average Bonchev–Trinajstić information content (AvgIpc) is 2.84. The number of sulfonamides is 1. The summed E-state index contributed by atoms with van der Waals surface area (Å²) in [6, 6.07) is 23.2. The number of benzene rings is 3. The summed E-state index contributed by atoms with van der Waals surface area (Å²) in [6.45, 7) is 1.73. The number of hydrogen-bond acceptors (Lipinski definition) is 7. The summed E-state index contributed by atoms with van der Waals surface area (Å²) in [6.07, 6.45) is 2.13. The Hall–Kier alpha value is -4.16. The topological polar surface area (TPSA) is 137 Å². The zero-order valence-electron chi connectivity index (χ0n) is 19.3. The molecular weight excluding hydrogens is 462 g/mol. The van der Waals surface area contributed by atoms with Crippen molar-refractivity contribution in [3.63, 3.8) is 0 Å². The molecule has 1 atom stereocenters. The molecule has 0 unspecified atom stereocenters. The summed E-state index contributed by atoms with van der Waals surface area (Å²) in [5.74, 6) is 4.46. The first-order valence-electron chi connectivity index (χ1n) is 11.1. The summed E-state index contributed by atoms with van der Waals surface area (Å²) < 4.78 is 26.6. The van der Waals surface area contributed by atoms with Gasteiger partial charge in [0.25, 0.3) is 5.91 Å². The summed E-state index contributed by atoms with van der Waals surface area (Å²) >= 11 is 0. The number of carbonyl (C=O) groups excluding carboxylic acids is 1. The first-order chi connectivity index (χ1) is 16.8. The lowest BCUT2D eigenvalue weighted by Gasteiger charge is -2.20. The fraction of sp³-hybridized carbons (Fsp3) is 0.192. The van der Waals surface area contributed by atoms with E-state index in [4.69, 9.17) is 5.84 Å². The third kappa shape index (κ3) is 7.16. The van der Waals surface area contributed by atoms with Crippen LogP contribution >= 0.6 is 0 Å². The fourth-order valence-corrected chi connectivity index (χ4v) is 4.74. The summed E-state index contributed by atoms with van der Waals surface area (Å²) in [5, 5.41) is 16.0. The summed E-state index contributed by atoms with van der Waals surface area (Å²) in [4.78, 5) is 13.0. The van der Waals surface area contributed by atoms with E-state index in [0.29, 0.717) is 17.7 Å². The van der Waals surface area contributed by atoms with Crippen LogP contribution in [0, 0.1) is 11.3 Å². The molecule has 0 heterocycles. The molecule has 35 heavy (non-hydrogen) atoms. The van der Waals surface area contributed by atoms with E-state index >= 15 is 0 Å². The Morgan fingerprint density at radius 2 is 1.86 bits per heavy atom. The molecule has 0 aliphatic heterocycles. The molecule has 180 valence electrons. The van der Waals surface area contributed by atoms with Crippen LogP contribution in [-0.4, -0.2) is 32.3 Å². The van der Waals surface area contributed by atoms with Crippen molar-refractivity contribution >= 4 is 27.8 Å². The van der Waals surface area contributed by atoms with Crippen molar-refractivity contribution in [2.75, 3.05) is 11.1 Å². The zero-order valence-corrected chi connectivity index (χ0v) is 20.1. The number of nitrogens with one attached hydrogen (secondary N) is 2. The third-order valence-electron chi connectivity index (χ3n) is 5.24. The highest BCUT2D eigenvalue weighted by atomic mass is 32.2. The van der Waals surface area contributed by atoms with Crippen molar-refractivity contribution in [2.24, 2.45) is 10.9 Å². The Labute approximate surface area is 205 Å². The Balaban J connectivity index is 1.86. The summed E-state index contributed by atoms with van der Waals surface area (Å²) in [7, 11) is -3.74. The SMILES string of the molecule is CCCS(=O)(=O)NC(=O)[C@H](Cc1cccc(C=NN)c1)Nc1ccc(-c2ccccc2C#N)cc1. The van der Waals surface area contributed by atoms with Crippen molar-refractivity contribution in [1.29, 1.82) is 5.26 Å². The molecule has 0 radical (unpaired) electrons. The number of carbonyl (C=O) groups is 1. The molecule has 3 aromatic carbocycles. The van der Waals surface area contributed by atoms with Crippen LogP contribution in [0.2, 0.25) is 0 Å². The molecule has 3 aromatic rings. The van der Waals surface area contributed by atoms with Crippen molar-refractivity contribution in [1.82, 2.24) is 4.72 Å². The van der Waals surface area contributed by atoms with Crippen LogP contribution in [0.15, 0.2) is 77.9 Å². The van der Waals surface area contributed by atoms with Crippen LogP contribution in [0.25, 0.3) is 11.1 Å². The Morgan fingerprint density at radius 3 is 2.54 bits per heavy atom. The molecule has 0 aliphatic carbocycles. The minimum absolute atomic E-state index is 0.138. The van der Waals surface area contributed by atoms with E-state index in [1.165, 1.54) is 6.21 Å². The van der Waals surface area contributed by atoms with E-state index in [1.54, 1.807) is 25.1 Å². The van der Waals surface area contributed by atoms with Gasteiger partial charge in [0.1, 0.15) is 6.04 Å². The average molecular weight is 490 g/mol. The van der Waals surface area contributed by atoms with Crippen LogP contribution in [-0.2, 0) is 21.2 Å². The molecule has 3 rings (SSSR count). The molecule has 8 nitrogen and oxygen atoms in total. The van der Waals surface area contributed by atoms with Gasteiger partial charge in [0.15, 0.2) is 0 Å². The molecule has 0 aliphatic rings. The van der Waals surface area contributed by atoms with E-state index in [9.17, 15) is 18.5 Å². The minimum atomic E-state index is -3.74. The van der Waals surface area contributed by atoms with Gasteiger partial charge in [0, 0.05) is 12.1 Å². The molecule has 1 amide bonds. The molecular formula is C26H27N5O3S. The van der Waals surface area contributed by atoms with Gasteiger partial charge in [-0.05, 0) is 46.9 Å². The first kappa shape index (κ1) is 25.5. The van der Waals surface area contributed by atoms with Crippen LogP contribution in [0.1, 0.15) is 30.0 Å². The van der Waals surface area contributed by atoms with Gasteiger partial charge in [0.2, 0.25) is 10.0 Å². The quantitative estimate of drug-likeness (QED) is 0.227. The zero-order chi connectivity index (χ0) is 25.3. The second kappa shape index (κ2) is 11.8. The van der Waals surface area contributed by atoms with E-state index in [-0.39, 0.29) is 12.2 Å². The van der Waals surface area contributed by atoms with E-state index in [2.05, 4.69) is 21.2 Å². The van der Waals surface area contributed by atoms with Crippen molar-refractivity contribution < 1.29 is 13.2 Å². The van der Waals surface area contributed by atoms with Crippen molar-refractivity contribution in [2.45, 2.75) is 25.8 Å². The Morgan fingerprint density at radius 1 is 1.11 bits per heavy atom. The summed E-state index contributed by atoms with van der Waals surface area (Å²) in [5.41, 5.74) is 4.43. The molecule has 4 N–H and O–H groups in total. The number of nitrogens with two attached hydrogens (primary N) is 1. The molecule has 0 saturated heterocycles. The van der Waals surface area contributed by atoms with Gasteiger partial charge in [-0.25, -0.2) is 8.42 Å². The predicted octanol–water partition coefficient (Wildman–Crippen LogP) is 3.40. The maximum absolute atomic E-state index is 13.0. The Bertz CT molecular complexity index is 1350. The fourth-order valence-electron chi connectivity index (χ4n) is 3.66. The van der Waals surface area contributed by atoms with Gasteiger partial charge in [0.05, 0.1) is 23.6 Å². The van der Waals surface area contributed by atoms with Crippen LogP contribution in [0.4, 0.5) is 5.69 Å². The van der Waals surface area contributed by atoms with Crippen molar-refractivity contribution in [3.8, 4) is 17.2 Å². The molecule has 0 spiro atoms. The van der Waals surface area contributed by atoms with Gasteiger partial charge in [-0.2, -0.15) is 10.4 Å². The molecule has 9 heteroatoms. The standard InChI is InChI=1S/C26H27N5O3S/c1-2-14-35(33,34)31-26(32)25(16-19-6-5-7-20(15-19)18-29-28)30-23-12-10-21(11-13-23)24-9-4-3-8-22(24)17-27/h3-13,15,18,25,30H,2,14,16,28H2,1H3,(H,31,32)/t25-/m0/s1. The number of anilines is 1. The number of hydrogen-bond donors (Lipinski definition) is 3. The monoisotopic (exact) mass is 489 g/mol. The maximum atomic E-state index is 13.0. The lowest BCUT2D eigenvalue weighted by Crippen LogP contribution is -2.44. The number of rotatable bonds is 10. The normalized spacial score (nSPS) is 12.1. The smallest absolute Gasteiger partial charge is 0.256 e. The Kier molecular flexibility index (Phi) is 8.59. The van der Waals surface area contributed by atoms with Gasteiger partial charge in [-0.3, -0.25) is 9.52 Å². The van der Waals surface area contributed by atoms with Gasteiger partial charge in [-0.1, -0.05) is 61.5 Å². The number of nitriles is 1. The molecule has 0 saturated carbocycles.